The summed E-state index contributed by atoms with van der Waals surface area (Å²) in [5, 5.41) is 5.40. The fourth-order valence-electron chi connectivity index (χ4n) is 1.27. The first-order valence-electron chi connectivity index (χ1n) is 5.31. The van der Waals surface area contributed by atoms with Gasteiger partial charge in [0.2, 0.25) is 11.2 Å². The van der Waals surface area contributed by atoms with Gasteiger partial charge in [-0.15, -0.1) is 0 Å². The summed E-state index contributed by atoms with van der Waals surface area (Å²) in [4.78, 5) is 18.8. The van der Waals surface area contributed by atoms with Gasteiger partial charge in [0, 0.05) is 6.04 Å². The Labute approximate surface area is 103 Å². The predicted molar refractivity (Wildman–Crippen MR) is 61.2 cm³/mol. The lowest BCUT2D eigenvalue weighted by atomic mass is 10.3. The highest BCUT2D eigenvalue weighted by atomic mass is 35.5. The molecular formula is C10H12ClFN4O. The second-order valence-electron chi connectivity index (χ2n) is 3.98. The van der Waals surface area contributed by atoms with Crippen LogP contribution < -0.4 is 10.6 Å². The molecule has 7 heteroatoms. The van der Waals surface area contributed by atoms with Gasteiger partial charge in [-0.1, -0.05) is 0 Å². The maximum absolute atomic E-state index is 13.3. The minimum Gasteiger partial charge on any atom is -0.356 e. The molecule has 1 saturated carbocycles. The molecule has 1 heterocycles. The molecule has 1 atom stereocenters. The number of nitrogens with one attached hydrogen (secondary N) is 2. The minimum atomic E-state index is -0.638. The maximum Gasteiger partial charge on any atom is 0.242 e. The molecule has 1 aliphatic carbocycles. The minimum absolute atomic E-state index is 0.0660. The van der Waals surface area contributed by atoms with Gasteiger partial charge >= 0.3 is 0 Å². The highest BCUT2D eigenvalue weighted by Crippen LogP contribution is 2.19. The van der Waals surface area contributed by atoms with Crippen LogP contribution in [0.25, 0.3) is 0 Å². The number of rotatable bonds is 4. The Morgan fingerprint density at radius 3 is 3.00 bits per heavy atom. The van der Waals surface area contributed by atoms with E-state index in [1.54, 1.807) is 6.92 Å². The summed E-state index contributed by atoms with van der Waals surface area (Å²) in [7, 11) is 0. The van der Waals surface area contributed by atoms with Gasteiger partial charge < -0.3 is 10.6 Å². The Morgan fingerprint density at radius 1 is 1.65 bits per heavy atom. The van der Waals surface area contributed by atoms with Crippen LogP contribution in [0.3, 0.4) is 0 Å². The highest BCUT2D eigenvalue weighted by Gasteiger charge is 2.26. The van der Waals surface area contributed by atoms with E-state index in [1.165, 1.54) is 0 Å². The number of halogens is 2. The first-order valence-corrected chi connectivity index (χ1v) is 5.69. The van der Waals surface area contributed by atoms with Gasteiger partial charge in [0.05, 0.1) is 6.20 Å². The molecule has 0 bridgehead atoms. The summed E-state index contributed by atoms with van der Waals surface area (Å²) >= 11 is 5.54. The molecule has 0 aliphatic heterocycles. The third kappa shape index (κ3) is 3.26. The third-order valence-electron chi connectivity index (χ3n) is 2.38. The molecule has 1 amide bonds. The molecule has 5 nitrogen and oxygen atoms in total. The largest absolute Gasteiger partial charge is 0.356 e. The monoisotopic (exact) mass is 258 g/mol. The second kappa shape index (κ2) is 4.83. The zero-order valence-electron chi connectivity index (χ0n) is 9.20. The lowest BCUT2D eigenvalue weighted by Crippen LogP contribution is -2.39. The van der Waals surface area contributed by atoms with Crippen molar-refractivity contribution in [2.24, 2.45) is 0 Å². The molecule has 0 spiro atoms. The zero-order valence-corrected chi connectivity index (χ0v) is 9.96. The fourth-order valence-corrected chi connectivity index (χ4v) is 1.40. The first kappa shape index (κ1) is 12.0. The molecule has 0 saturated heterocycles. The van der Waals surface area contributed by atoms with Crippen LogP contribution in [0.1, 0.15) is 19.8 Å². The van der Waals surface area contributed by atoms with E-state index in [1.807, 2.05) is 0 Å². The van der Waals surface area contributed by atoms with Crippen LogP contribution in [0, 0.1) is 5.82 Å². The van der Waals surface area contributed by atoms with Gasteiger partial charge in [0.1, 0.15) is 6.04 Å². The standard InChI is InChI=1S/C10H12ClFN4O/c1-5(9(17)15-6-2-3-6)14-8-7(12)4-13-10(11)16-8/h4-6H,2-3H2,1H3,(H,15,17)(H,13,14,16). The highest BCUT2D eigenvalue weighted by molar-refractivity contribution is 6.28. The van der Waals surface area contributed by atoms with E-state index in [4.69, 9.17) is 11.6 Å². The average molecular weight is 259 g/mol. The topological polar surface area (TPSA) is 66.9 Å². The van der Waals surface area contributed by atoms with Crippen LogP contribution in [0.5, 0.6) is 0 Å². The van der Waals surface area contributed by atoms with Gasteiger partial charge in [0.25, 0.3) is 0 Å². The third-order valence-corrected chi connectivity index (χ3v) is 2.57. The second-order valence-corrected chi connectivity index (χ2v) is 4.32. The molecule has 1 fully saturated rings. The lowest BCUT2D eigenvalue weighted by molar-refractivity contribution is -0.121. The molecule has 1 aromatic heterocycles. The number of anilines is 1. The summed E-state index contributed by atoms with van der Waals surface area (Å²) in [6.45, 7) is 1.63. The molecule has 1 aromatic rings. The zero-order chi connectivity index (χ0) is 12.4. The van der Waals surface area contributed by atoms with Crippen molar-refractivity contribution in [3.63, 3.8) is 0 Å². The van der Waals surface area contributed by atoms with Gasteiger partial charge in [-0.05, 0) is 31.4 Å². The van der Waals surface area contributed by atoms with Crippen molar-refractivity contribution >= 4 is 23.3 Å². The quantitative estimate of drug-likeness (QED) is 0.800. The Balaban J connectivity index is 1.98. The Morgan fingerprint density at radius 2 is 2.35 bits per heavy atom. The van der Waals surface area contributed by atoms with E-state index < -0.39 is 11.9 Å². The Bertz CT molecular complexity index is 438. The van der Waals surface area contributed by atoms with Crippen LogP contribution in [0.15, 0.2) is 6.20 Å². The van der Waals surface area contributed by atoms with E-state index >= 15 is 0 Å². The molecule has 2 N–H and O–H groups in total. The van der Waals surface area contributed by atoms with Crippen LogP contribution in [0.2, 0.25) is 5.28 Å². The molecule has 0 aromatic carbocycles. The van der Waals surface area contributed by atoms with E-state index in [0.717, 1.165) is 19.0 Å². The van der Waals surface area contributed by atoms with Crippen molar-refractivity contribution in [3.05, 3.63) is 17.3 Å². The van der Waals surface area contributed by atoms with Crippen LogP contribution >= 0.6 is 11.6 Å². The van der Waals surface area contributed by atoms with Gasteiger partial charge in [-0.2, -0.15) is 4.98 Å². The van der Waals surface area contributed by atoms with E-state index in [2.05, 4.69) is 20.6 Å². The fraction of sp³-hybridized carbons (Fsp3) is 0.500. The molecule has 1 aliphatic rings. The summed E-state index contributed by atoms with van der Waals surface area (Å²) in [5.41, 5.74) is 0. The summed E-state index contributed by atoms with van der Waals surface area (Å²) < 4.78 is 13.3. The smallest absolute Gasteiger partial charge is 0.242 e. The number of aromatic nitrogens is 2. The SMILES string of the molecule is CC(Nc1nc(Cl)ncc1F)C(=O)NC1CC1. The molecule has 2 rings (SSSR count). The number of amides is 1. The lowest BCUT2D eigenvalue weighted by Gasteiger charge is -2.14. The number of carbonyl (C=O) groups is 1. The van der Waals surface area contributed by atoms with Crippen LogP contribution in [0.4, 0.5) is 10.2 Å². The predicted octanol–water partition coefficient (Wildman–Crippen LogP) is 1.35. The van der Waals surface area contributed by atoms with Gasteiger partial charge in [0.15, 0.2) is 11.6 Å². The first-order chi connectivity index (χ1) is 8.06. The van der Waals surface area contributed by atoms with E-state index in [-0.39, 0.29) is 23.1 Å². The maximum atomic E-state index is 13.3. The van der Waals surface area contributed by atoms with Crippen molar-refractivity contribution in [1.29, 1.82) is 0 Å². The van der Waals surface area contributed by atoms with Gasteiger partial charge in [-0.25, -0.2) is 9.37 Å². The summed E-state index contributed by atoms with van der Waals surface area (Å²) in [5.74, 6) is -0.884. The number of hydrogen-bond acceptors (Lipinski definition) is 4. The van der Waals surface area contributed by atoms with Crippen molar-refractivity contribution in [3.8, 4) is 0 Å². The summed E-state index contributed by atoms with van der Waals surface area (Å²) in [6.07, 6.45) is 2.97. The average Bonchev–Trinajstić information content (AvgIpc) is 3.07. The van der Waals surface area contributed by atoms with Crippen molar-refractivity contribution in [1.82, 2.24) is 15.3 Å². The number of hydrogen-bond donors (Lipinski definition) is 2. The normalized spacial score (nSPS) is 16.4. The van der Waals surface area contributed by atoms with Crippen molar-refractivity contribution < 1.29 is 9.18 Å². The molecule has 92 valence electrons. The summed E-state index contributed by atoms with van der Waals surface area (Å²) in [6, 6.07) is -0.304. The molecule has 1 unspecified atom stereocenters. The number of nitrogens with zero attached hydrogens (tertiary/aromatic N) is 2. The van der Waals surface area contributed by atoms with Crippen molar-refractivity contribution in [2.75, 3.05) is 5.32 Å². The Kier molecular flexibility index (Phi) is 3.42. The Hall–Kier alpha value is -1.43. The number of carbonyl (C=O) groups excluding carboxylic acids is 1. The molecular weight excluding hydrogens is 247 g/mol. The van der Waals surface area contributed by atoms with Crippen molar-refractivity contribution in [2.45, 2.75) is 31.8 Å². The van der Waals surface area contributed by atoms with Crippen LogP contribution in [-0.4, -0.2) is 28.0 Å². The van der Waals surface area contributed by atoms with Gasteiger partial charge in [-0.3, -0.25) is 4.79 Å². The molecule has 17 heavy (non-hydrogen) atoms. The van der Waals surface area contributed by atoms with Crippen LogP contribution in [-0.2, 0) is 4.79 Å². The van der Waals surface area contributed by atoms with E-state index in [0.29, 0.717) is 0 Å². The van der Waals surface area contributed by atoms with E-state index in [9.17, 15) is 9.18 Å². The molecule has 0 radical (unpaired) electrons.